The number of methoxy groups -OCH3 is 1. The Morgan fingerprint density at radius 2 is 2.04 bits per heavy atom. The van der Waals surface area contributed by atoms with Crippen LogP contribution in [-0.4, -0.2) is 69.5 Å². The molecular formula is C34H31F3N6O3. The topological polar surface area (TPSA) is 116 Å². The monoisotopic (exact) mass is 628 g/mol. The lowest BCUT2D eigenvalue weighted by molar-refractivity contribution is 0.107. The van der Waals surface area contributed by atoms with E-state index < -0.39 is 23.3 Å². The molecule has 3 aliphatic rings. The van der Waals surface area contributed by atoms with Gasteiger partial charge in [0.1, 0.15) is 46.8 Å². The number of halogens is 3. The van der Waals surface area contributed by atoms with Crippen LogP contribution >= 0.6 is 0 Å². The van der Waals surface area contributed by atoms with Gasteiger partial charge in [0, 0.05) is 35.9 Å². The molecule has 4 atom stereocenters. The number of aromatic hydroxyl groups is 1. The lowest BCUT2D eigenvalue weighted by Gasteiger charge is -2.30. The van der Waals surface area contributed by atoms with Gasteiger partial charge in [0.05, 0.1) is 24.3 Å². The summed E-state index contributed by atoms with van der Waals surface area (Å²) in [5.74, 6) is 0.614. The Bertz CT molecular complexity index is 1960. The smallest absolute Gasteiger partial charge is 0.319 e. The molecule has 0 bridgehead atoms. The number of hydrogen-bond donors (Lipinski definition) is 2. The van der Waals surface area contributed by atoms with E-state index >= 15 is 4.39 Å². The van der Waals surface area contributed by atoms with E-state index in [1.807, 2.05) is 0 Å². The van der Waals surface area contributed by atoms with Gasteiger partial charge in [0.25, 0.3) is 0 Å². The van der Waals surface area contributed by atoms with Gasteiger partial charge in [-0.15, -0.1) is 6.42 Å². The standard InChI is InChI=1S/C34H31F3N6O3/c1-3-23-25(36)8-6-19-12-22(44)13-24(26(19)23)29-28(37)30-27(32(40-29)45-2)31(39-21-7-5-18(11-21)15-38)42-33(41-30)46-17-34-9-4-10-43(34)16-20(35)14-34/h1,6,8,12-13,18,20-21,44H,4-5,7,9-11,14,16-17H2,2H3,(H,39,41,42)/t18-,20+,21+,34-/m0/s1. The van der Waals surface area contributed by atoms with Crippen LogP contribution in [0.1, 0.15) is 44.1 Å². The number of nitriles is 1. The maximum atomic E-state index is 16.8. The number of aromatic nitrogens is 3. The van der Waals surface area contributed by atoms with Gasteiger partial charge in [-0.2, -0.15) is 15.2 Å². The van der Waals surface area contributed by atoms with Crippen molar-refractivity contribution >= 4 is 27.5 Å². The van der Waals surface area contributed by atoms with Crippen LogP contribution in [0.25, 0.3) is 32.9 Å². The van der Waals surface area contributed by atoms with Gasteiger partial charge in [-0.1, -0.05) is 12.0 Å². The molecule has 1 aliphatic carbocycles. The minimum Gasteiger partial charge on any atom is -0.508 e. The summed E-state index contributed by atoms with van der Waals surface area (Å²) in [6, 6.07) is 7.33. The summed E-state index contributed by atoms with van der Waals surface area (Å²) in [5, 5.41) is 24.1. The van der Waals surface area contributed by atoms with Crippen molar-refractivity contribution in [2.75, 3.05) is 32.1 Å². The highest BCUT2D eigenvalue weighted by Crippen LogP contribution is 2.43. The third-order valence-corrected chi connectivity index (χ3v) is 9.56. The molecule has 2 N–H and O–H groups in total. The molecule has 236 valence electrons. The number of rotatable bonds is 7. The first kappa shape index (κ1) is 29.9. The number of pyridine rings is 1. The van der Waals surface area contributed by atoms with Crippen molar-refractivity contribution in [1.82, 2.24) is 19.9 Å². The summed E-state index contributed by atoms with van der Waals surface area (Å²) in [7, 11) is 1.37. The van der Waals surface area contributed by atoms with Crippen molar-refractivity contribution in [2.24, 2.45) is 5.92 Å². The van der Waals surface area contributed by atoms with Gasteiger partial charge in [0.2, 0.25) is 5.88 Å². The van der Waals surface area contributed by atoms with Crippen LogP contribution < -0.4 is 14.8 Å². The maximum Gasteiger partial charge on any atom is 0.319 e. The Hall–Kier alpha value is -4.81. The predicted octanol–water partition coefficient (Wildman–Crippen LogP) is 5.88. The molecule has 0 amide bonds. The van der Waals surface area contributed by atoms with E-state index in [2.05, 4.69) is 37.2 Å². The number of ether oxygens (including phenoxy) is 2. The quantitative estimate of drug-likeness (QED) is 0.242. The number of phenols is 1. The number of phenolic OH excluding ortho intramolecular Hbond substituents is 1. The highest BCUT2D eigenvalue weighted by atomic mass is 19.1. The van der Waals surface area contributed by atoms with Gasteiger partial charge in [-0.3, -0.25) is 4.90 Å². The van der Waals surface area contributed by atoms with Crippen molar-refractivity contribution in [1.29, 1.82) is 5.26 Å². The van der Waals surface area contributed by atoms with E-state index in [1.165, 1.54) is 31.4 Å². The van der Waals surface area contributed by atoms with E-state index in [4.69, 9.17) is 15.9 Å². The molecule has 1 saturated carbocycles. The molecule has 2 aromatic carbocycles. The van der Waals surface area contributed by atoms with Crippen molar-refractivity contribution in [3.8, 4) is 47.3 Å². The fourth-order valence-electron chi connectivity index (χ4n) is 7.44. The molecule has 3 fully saturated rings. The van der Waals surface area contributed by atoms with Crippen LogP contribution in [0, 0.1) is 41.2 Å². The molecule has 4 heterocycles. The molecule has 2 aromatic heterocycles. The predicted molar refractivity (Wildman–Crippen MR) is 165 cm³/mol. The molecule has 0 unspecified atom stereocenters. The van der Waals surface area contributed by atoms with E-state index in [0.717, 1.165) is 19.4 Å². The van der Waals surface area contributed by atoms with Crippen LogP contribution in [0.2, 0.25) is 0 Å². The second-order valence-corrected chi connectivity index (χ2v) is 12.4. The molecule has 4 aromatic rings. The van der Waals surface area contributed by atoms with Gasteiger partial charge in [0.15, 0.2) is 5.82 Å². The third-order valence-electron chi connectivity index (χ3n) is 9.56. The minimum atomic E-state index is -0.959. The number of terminal acetylenes is 1. The zero-order valence-corrected chi connectivity index (χ0v) is 25.1. The van der Waals surface area contributed by atoms with Crippen LogP contribution in [-0.2, 0) is 0 Å². The summed E-state index contributed by atoms with van der Waals surface area (Å²) in [5.41, 5.74) is -1.02. The van der Waals surface area contributed by atoms with E-state index in [9.17, 15) is 19.1 Å². The van der Waals surface area contributed by atoms with Crippen molar-refractivity contribution in [3.63, 3.8) is 0 Å². The number of benzene rings is 2. The van der Waals surface area contributed by atoms with E-state index in [0.29, 0.717) is 37.6 Å². The molecule has 7 rings (SSSR count). The van der Waals surface area contributed by atoms with E-state index in [-0.39, 0.29) is 75.1 Å². The van der Waals surface area contributed by atoms with Gasteiger partial charge >= 0.3 is 6.01 Å². The molecule has 0 spiro atoms. The highest BCUT2D eigenvalue weighted by Gasteiger charge is 2.49. The maximum absolute atomic E-state index is 16.8. The lowest BCUT2D eigenvalue weighted by Crippen LogP contribution is -2.43. The van der Waals surface area contributed by atoms with Gasteiger partial charge in [-0.25, -0.2) is 18.2 Å². The normalized spacial score (nSPS) is 24.2. The molecule has 12 heteroatoms. The summed E-state index contributed by atoms with van der Waals surface area (Å²) >= 11 is 0. The highest BCUT2D eigenvalue weighted by molar-refractivity contribution is 6.04. The second-order valence-electron chi connectivity index (χ2n) is 12.4. The molecular weight excluding hydrogens is 597 g/mol. The molecule has 2 aliphatic heterocycles. The Labute approximate surface area is 263 Å². The van der Waals surface area contributed by atoms with E-state index in [1.54, 1.807) is 0 Å². The minimum absolute atomic E-state index is 0.0259. The first-order valence-electron chi connectivity index (χ1n) is 15.3. The van der Waals surface area contributed by atoms with Crippen LogP contribution in [0.5, 0.6) is 17.6 Å². The number of nitrogens with zero attached hydrogens (tertiary/aromatic N) is 5. The van der Waals surface area contributed by atoms with Gasteiger partial charge < -0.3 is 19.9 Å². The van der Waals surface area contributed by atoms with Crippen molar-refractivity contribution in [3.05, 3.63) is 41.5 Å². The largest absolute Gasteiger partial charge is 0.508 e. The zero-order valence-electron chi connectivity index (χ0n) is 25.1. The average molecular weight is 629 g/mol. The van der Waals surface area contributed by atoms with Crippen molar-refractivity contribution < 1.29 is 27.8 Å². The first-order valence-corrected chi connectivity index (χ1v) is 15.3. The van der Waals surface area contributed by atoms with Crippen molar-refractivity contribution in [2.45, 2.75) is 56.3 Å². The van der Waals surface area contributed by atoms with Crippen LogP contribution in [0.4, 0.5) is 19.0 Å². The summed E-state index contributed by atoms with van der Waals surface area (Å²) in [6.45, 7) is 1.24. The summed E-state index contributed by atoms with van der Waals surface area (Å²) in [6.07, 6.45) is 8.69. The first-order chi connectivity index (χ1) is 22.2. The number of hydrogen-bond acceptors (Lipinski definition) is 9. The zero-order chi connectivity index (χ0) is 32.2. The Balaban J connectivity index is 1.40. The Morgan fingerprint density at radius 1 is 1.20 bits per heavy atom. The fraction of sp³-hybridized carbons (Fsp3) is 0.412. The summed E-state index contributed by atoms with van der Waals surface area (Å²) in [4.78, 5) is 15.7. The van der Waals surface area contributed by atoms with Crippen LogP contribution in [0.15, 0.2) is 24.3 Å². The SMILES string of the molecule is C#Cc1c(F)ccc2cc(O)cc(-c3nc(OC)c4c(N[C@@H]5CC[C@H](C#N)C5)nc(OC[C@@]56CCCN5C[C@H](F)C6)nc4c3F)c12. The average Bonchev–Trinajstić information content (AvgIpc) is 3.74. The number of alkyl halides is 1. The molecule has 9 nitrogen and oxygen atoms in total. The fourth-order valence-corrected chi connectivity index (χ4v) is 7.44. The second kappa shape index (κ2) is 11.5. The third kappa shape index (κ3) is 4.97. The molecule has 0 radical (unpaired) electrons. The number of fused-ring (bicyclic) bond motifs is 3. The van der Waals surface area contributed by atoms with Gasteiger partial charge in [-0.05, 0) is 62.2 Å². The number of anilines is 1. The molecule has 2 saturated heterocycles. The van der Waals surface area contributed by atoms with Crippen LogP contribution in [0.3, 0.4) is 0 Å². The molecule has 46 heavy (non-hydrogen) atoms. The lowest BCUT2D eigenvalue weighted by atomic mass is 9.95. The Morgan fingerprint density at radius 3 is 2.80 bits per heavy atom. The Kier molecular flexibility index (Phi) is 7.48. The number of nitrogens with one attached hydrogen (secondary N) is 1. The summed E-state index contributed by atoms with van der Waals surface area (Å²) < 4.78 is 58.0.